The lowest BCUT2D eigenvalue weighted by Gasteiger charge is -2.08. The molecule has 92 valence electrons. The molecule has 0 aliphatic carbocycles. The van der Waals surface area contributed by atoms with Gasteiger partial charge in [-0.2, -0.15) is 0 Å². The van der Waals surface area contributed by atoms with Crippen LogP contribution in [-0.2, 0) is 14.3 Å². The lowest BCUT2D eigenvalue weighted by Crippen LogP contribution is -2.31. The van der Waals surface area contributed by atoms with E-state index in [2.05, 4.69) is 16.4 Å². The summed E-state index contributed by atoms with van der Waals surface area (Å²) in [6, 6.07) is 0. The van der Waals surface area contributed by atoms with Crippen molar-refractivity contribution in [2.24, 2.45) is 5.73 Å². The minimum atomic E-state index is -1.05. The standard InChI is InChI=1S/C11H19NO4/c1-3-4-5-6-7-8-9(10(12)13)16-11(14)15-2/h7-9H,3-6H2,1-2H3,(H2,12,13)/b8-7+/t9-/m1/s1. The molecule has 5 heteroatoms. The Bertz CT molecular complexity index is 250. The van der Waals surface area contributed by atoms with Crippen LogP contribution in [0.25, 0.3) is 0 Å². The van der Waals surface area contributed by atoms with E-state index in [-0.39, 0.29) is 0 Å². The number of hydrogen-bond acceptors (Lipinski definition) is 4. The summed E-state index contributed by atoms with van der Waals surface area (Å²) in [5, 5.41) is 0. The van der Waals surface area contributed by atoms with Gasteiger partial charge in [-0.25, -0.2) is 4.79 Å². The molecule has 0 aromatic rings. The fourth-order valence-corrected chi connectivity index (χ4v) is 1.08. The first-order valence-electron chi connectivity index (χ1n) is 5.32. The predicted molar refractivity (Wildman–Crippen MR) is 59.8 cm³/mol. The first-order chi connectivity index (χ1) is 7.61. The number of rotatable bonds is 7. The maximum Gasteiger partial charge on any atom is 0.509 e. The minimum Gasteiger partial charge on any atom is -0.438 e. The Balaban J connectivity index is 4.02. The van der Waals surface area contributed by atoms with Crippen molar-refractivity contribution >= 4 is 12.1 Å². The molecular formula is C11H19NO4. The van der Waals surface area contributed by atoms with Crippen molar-refractivity contribution in [3.05, 3.63) is 12.2 Å². The molecule has 1 amide bonds. The number of unbranched alkanes of at least 4 members (excludes halogenated alkanes) is 3. The molecule has 0 spiro atoms. The summed E-state index contributed by atoms with van der Waals surface area (Å²) in [5.74, 6) is -0.711. The molecule has 0 fully saturated rings. The van der Waals surface area contributed by atoms with E-state index in [4.69, 9.17) is 5.73 Å². The number of carbonyl (C=O) groups is 2. The normalized spacial score (nSPS) is 12.4. The van der Waals surface area contributed by atoms with Gasteiger partial charge in [0.1, 0.15) is 0 Å². The van der Waals surface area contributed by atoms with Gasteiger partial charge in [0, 0.05) is 0 Å². The Labute approximate surface area is 95.6 Å². The van der Waals surface area contributed by atoms with E-state index < -0.39 is 18.2 Å². The van der Waals surface area contributed by atoms with Crippen LogP contribution in [0, 0.1) is 0 Å². The molecule has 0 radical (unpaired) electrons. The molecule has 16 heavy (non-hydrogen) atoms. The number of hydrogen-bond donors (Lipinski definition) is 1. The number of allylic oxidation sites excluding steroid dienone is 1. The van der Waals surface area contributed by atoms with E-state index in [1.165, 1.54) is 13.2 Å². The lowest BCUT2D eigenvalue weighted by molar-refractivity contribution is -0.125. The summed E-state index contributed by atoms with van der Waals surface area (Å²) in [5.41, 5.74) is 5.06. The molecule has 0 saturated heterocycles. The minimum absolute atomic E-state index is 0.711. The van der Waals surface area contributed by atoms with Gasteiger partial charge in [0.05, 0.1) is 7.11 Å². The molecule has 1 atom stereocenters. The summed E-state index contributed by atoms with van der Waals surface area (Å²) >= 11 is 0. The van der Waals surface area contributed by atoms with E-state index in [1.54, 1.807) is 6.08 Å². The van der Waals surface area contributed by atoms with Crippen LogP contribution >= 0.6 is 0 Å². The van der Waals surface area contributed by atoms with Crippen molar-refractivity contribution in [1.82, 2.24) is 0 Å². The Kier molecular flexibility index (Phi) is 7.93. The van der Waals surface area contributed by atoms with Crippen molar-refractivity contribution in [2.75, 3.05) is 7.11 Å². The highest BCUT2D eigenvalue weighted by molar-refractivity contribution is 5.82. The van der Waals surface area contributed by atoms with Crippen LogP contribution in [0.5, 0.6) is 0 Å². The maximum atomic E-state index is 10.9. The number of carbonyl (C=O) groups excluding carboxylic acids is 2. The topological polar surface area (TPSA) is 78.6 Å². The van der Waals surface area contributed by atoms with Gasteiger partial charge in [-0.1, -0.05) is 25.8 Å². The van der Waals surface area contributed by atoms with Gasteiger partial charge in [0.25, 0.3) is 5.91 Å². The molecule has 0 bridgehead atoms. The summed E-state index contributed by atoms with van der Waals surface area (Å²) in [7, 11) is 1.17. The van der Waals surface area contributed by atoms with Crippen LogP contribution in [0.2, 0.25) is 0 Å². The van der Waals surface area contributed by atoms with Crippen molar-refractivity contribution in [3.8, 4) is 0 Å². The number of ether oxygens (including phenoxy) is 2. The Morgan fingerprint density at radius 2 is 2.06 bits per heavy atom. The first-order valence-corrected chi connectivity index (χ1v) is 5.32. The fourth-order valence-electron chi connectivity index (χ4n) is 1.08. The smallest absolute Gasteiger partial charge is 0.438 e. The summed E-state index contributed by atoms with van der Waals surface area (Å²) < 4.78 is 8.92. The van der Waals surface area contributed by atoms with Crippen LogP contribution in [0.15, 0.2) is 12.2 Å². The molecule has 0 saturated carbocycles. The summed E-state index contributed by atoms with van der Waals surface area (Å²) in [6.45, 7) is 2.11. The Hall–Kier alpha value is -1.52. The van der Waals surface area contributed by atoms with E-state index in [0.717, 1.165) is 25.7 Å². The van der Waals surface area contributed by atoms with E-state index >= 15 is 0 Å². The second-order valence-electron chi connectivity index (χ2n) is 3.32. The summed E-state index contributed by atoms with van der Waals surface area (Å²) in [4.78, 5) is 21.7. The Morgan fingerprint density at radius 3 is 2.56 bits per heavy atom. The predicted octanol–water partition coefficient (Wildman–Crippen LogP) is 1.76. The van der Waals surface area contributed by atoms with Gasteiger partial charge in [-0.3, -0.25) is 4.79 Å². The molecular weight excluding hydrogens is 210 g/mol. The molecule has 5 nitrogen and oxygen atoms in total. The van der Waals surface area contributed by atoms with Gasteiger partial charge in [-0.15, -0.1) is 0 Å². The van der Waals surface area contributed by atoms with Gasteiger partial charge in [0.2, 0.25) is 6.10 Å². The quantitative estimate of drug-likeness (QED) is 0.410. The van der Waals surface area contributed by atoms with E-state index in [9.17, 15) is 9.59 Å². The summed E-state index contributed by atoms with van der Waals surface area (Å²) in [6.07, 6.45) is 5.44. The number of nitrogens with two attached hydrogens (primary N) is 1. The second kappa shape index (κ2) is 8.76. The molecule has 0 aliphatic rings. The number of amides is 1. The third kappa shape index (κ3) is 6.86. The molecule has 0 heterocycles. The van der Waals surface area contributed by atoms with Gasteiger partial charge in [-0.05, 0) is 18.9 Å². The zero-order valence-electron chi connectivity index (χ0n) is 9.77. The highest BCUT2D eigenvalue weighted by Gasteiger charge is 2.16. The first kappa shape index (κ1) is 14.5. The van der Waals surface area contributed by atoms with Crippen LogP contribution in [-0.4, -0.2) is 25.3 Å². The number of primary amides is 1. The van der Waals surface area contributed by atoms with Crippen LogP contribution in [0.4, 0.5) is 4.79 Å². The molecule has 2 N–H and O–H groups in total. The highest BCUT2D eigenvalue weighted by atomic mass is 16.7. The van der Waals surface area contributed by atoms with Crippen LogP contribution < -0.4 is 5.73 Å². The van der Waals surface area contributed by atoms with Crippen LogP contribution in [0.3, 0.4) is 0 Å². The van der Waals surface area contributed by atoms with Gasteiger partial charge >= 0.3 is 6.16 Å². The molecule has 0 rings (SSSR count). The second-order valence-corrected chi connectivity index (χ2v) is 3.32. The molecule has 0 aromatic heterocycles. The van der Waals surface area contributed by atoms with Crippen molar-refractivity contribution in [3.63, 3.8) is 0 Å². The third-order valence-corrected chi connectivity index (χ3v) is 1.96. The van der Waals surface area contributed by atoms with E-state index in [1.807, 2.05) is 0 Å². The molecule has 0 aromatic carbocycles. The SMILES string of the molecule is CCCCC/C=C/[C@@H](OC(=O)OC)C(N)=O. The van der Waals surface area contributed by atoms with Gasteiger partial charge in [0.15, 0.2) is 0 Å². The maximum absolute atomic E-state index is 10.9. The number of methoxy groups -OCH3 is 1. The van der Waals surface area contributed by atoms with Crippen LogP contribution in [0.1, 0.15) is 32.6 Å². The Morgan fingerprint density at radius 1 is 1.38 bits per heavy atom. The highest BCUT2D eigenvalue weighted by Crippen LogP contribution is 2.02. The third-order valence-electron chi connectivity index (χ3n) is 1.96. The molecule has 0 aliphatic heterocycles. The largest absolute Gasteiger partial charge is 0.509 e. The van der Waals surface area contributed by atoms with E-state index in [0.29, 0.717) is 0 Å². The van der Waals surface area contributed by atoms with Crippen molar-refractivity contribution < 1.29 is 19.1 Å². The fraction of sp³-hybridized carbons (Fsp3) is 0.636. The zero-order valence-corrected chi connectivity index (χ0v) is 9.77. The van der Waals surface area contributed by atoms with Crippen molar-refractivity contribution in [1.29, 1.82) is 0 Å². The van der Waals surface area contributed by atoms with Crippen molar-refractivity contribution in [2.45, 2.75) is 38.7 Å². The lowest BCUT2D eigenvalue weighted by atomic mass is 10.2. The molecule has 0 unspecified atom stereocenters. The average molecular weight is 229 g/mol. The average Bonchev–Trinajstić information content (AvgIpc) is 2.26. The zero-order chi connectivity index (χ0) is 12.4. The monoisotopic (exact) mass is 229 g/mol. The van der Waals surface area contributed by atoms with Gasteiger partial charge < -0.3 is 15.2 Å².